The van der Waals surface area contributed by atoms with Gasteiger partial charge in [0.05, 0.1) is 22.3 Å². The van der Waals surface area contributed by atoms with Crippen molar-refractivity contribution in [3.8, 4) is 89.7 Å². The molecule has 0 fully saturated rings. The normalized spacial score (nSPS) is 13.4. The van der Waals surface area contributed by atoms with Gasteiger partial charge in [-0.2, -0.15) is 0 Å². The molecule has 0 amide bonds. The molecule has 8 aromatic carbocycles. The number of aromatic nitrogens is 3. The molecule has 4 nitrogen and oxygen atoms in total. The third kappa shape index (κ3) is 10.2. The molecule has 0 bridgehead atoms. The van der Waals surface area contributed by atoms with E-state index in [0.717, 1.165) is 72.5 Å². The number of phenols is 1. The number of hydrogen-bond acceptors (Lipinski definition) is 3. The molecule has 0 aliphatic rings. The minimum Gasteiger partial charge on any atom is -0.507 e. The molecule has 0 unspecified atom stereocenters. The fourth-order valence-corrected chi connectivity index (χ4v) is 9.76. The molecule has 74 heavy (non-hydrogen) atoms. The van der Waals surface area contributed by atoms with Gasteiger partial charge in [-0.3, -0.25) is 9.55 Å². The van der Waals surface area contributed by atoms with Crippen LogP contribution in [0, 0.1) is 12.9 Å². The van der Waals surface area contributed by atoms with E-state index in [1.165, 1.54) is 0 Å². The summed E-state index contributed by atoms with van der Waals surface area (Å²) in [4.78, 5) is 10.5. The number of rotatable bonds is 10. The standard InChI is InChI=1S/C69H66N3O.Pt/c1-43(2)52-39-58(44(3)4)66(73)61(40-52)67-71-65-57(53-36-54(38-56(37-53)69(9,10)11)62-41-51(33-34-70-62)48-27-25-47(26-28-48)46-19-14-12-15-20-46)23-18-24-63(65)72(67)64-35-45(5)59(42-60(64)49-21-16-13-17-22-49)50-29-31-55(32-30-50)68(6,7)8;/h12-35,37-44,73H,1-11H3;/q-1;/i5D3,43D,44D;. The molecule has 0 saturated heterocycles. The molecule has 1 N–H and O–H groups in total. The van der Waals surface area contributed by atoms with Gasteiger partial charge in [-0.25, -0.2) is 4.98 Å². The Balaban J connectivity index is 0.00000757. The van der Waals surface area contributed by atoms with Gasteiger partial charge in [-0.15, -0.1) is 29.3 Å². The molecule has 0 atom stereocenters. The van der Waals surface area contributed by atoms with Crippen molar-refractivity contribution in [2.45, 2.75) is 98.7 Å². The maximum absolute atomic E-state index is 12.6. The van der Waals surface area contributed by atoms with E-state index in [0.29, 0.717) is 44.8 Å². The zero-order chi connectivity index (χ0) is 55.7. The number of para-hydroxylation sites is 1. The van der Waals surface area contributed by atoms with Gasteiger partial charge in [0, 0.05) is 45.4 Å². The van der Waals surface area contributed by atoms with Crippen LogP contribution in [-0.4, -0.2) is 19.6 Å². The fraction of sp³-hybridized carbons (Fsp3) is 0.217. The zero-order valence-electron chi connectivity index (χ0n) is 48.9. The first-order valence-corrected chi connectivity index (χ1v) is 25.2. The molecule has 0 aliphatic heterocycles. The maximum atomic E-state index is 12.6. The molecule has 10 aromatic rings. The van der Waals surface area contributed by atoms with Gasteiger partial charge >= 0.3 is 0 Å². The number of fused-ring (bicyclic) bond motifs is 1. The first-order valence-electron chi connectivity index (χ1n) is 27.7. The number of nitrogens with zero attached hydrogens (tertiary/aromatic N) is 3. The van der Waals surface area contributed by atoms with E-state index in [4.69, 9.17) is 14.1 Å². The summed E-state index contributed by atoms with van der Waals surface area (Å²) in [6, 6.07) is 62.5. The van der Waals surface area contributed by atoms with Crippen LogP contribution >= 0.6 is 0 Å². The van der Waals surface area contributed by atoms with E-state index >= 15 is 0 Å². The van der Waals surface area contributed by atoms with E-state index in [2.05, 4.69) is 114 Å². The molecule has 0 radical (unpaired) electrons. The molecule has 0 aliphatic carbocycles. The summed E-state index contributed by atoms with van der Waals surface area (Å²) < 4.78 is 48.0. The summed E-state index contributed by atoms with van der Waals surface area (Å²) in [6.07, 6.45) is 1.84. The molecule has 374 valence electrons. The Kier molecular flexibility index (Phi) is 12.7. The third-order valence-corrected chi connectivity index (χ3v) is 14.1. The number of imidazole rings is 1. The predicted octanol–water partition coefficient (Wildman–Crippen LogP) is 18.7. The van der Waals surface area contributed by atoms with Crippen LogP contribution in [0.2, 0.25) is 0 Å². The smallest absolute Gasteiger partial charge is 0.148 e. The van der Waals surface area contributed by atoms with Gasteiger partial charge in [-0.1, -0.05) is 214 Å². The first-order chi connectivity index (χ1) is 36.7. The Morgan fingerprint density at radius 2 is 1.14 bits per heavy atom. The maximum Gasteiger partial charge on any atom is 0.148 e. The Labute approximate surface area is 460 Å². The summed E-state index contributed by atoms with van der Waals surface area (Å²) in [6.45, 7) is 17.5. The second-order valence-corrected chi connectivity index (χ2v) is 21.8. The van der Waals surface area contributed by atoms with E-state index < -0.39 is 18.6 Å². The summed E-state index contributed by atoms with van der Waals surface area (Å²) in [5.41, 5.74) is 15.4. The van der Waals surface area contributed by atoms with Crippen molar-refractivity contribution in [1.82, 2.24) is 14.5 Å². The van der Waals surface area contributed by atoms with Gasteiger partial charge in [0.2, 0.25) is 0 Å². The van der Waals surface area contributed by atoms with Crippen LogP contribution in [0.5, 0.6) is 5.75 Å². The number of aryl methyl sites for hydroxylation is 1. The van der Waals surface area contributed by atoms with Crippen molar-refractivity contribution in [2.75, 3.05) is 0 Å². The van der Waals surface area contributed by atoms with Crippen molar-refractivity contribution in [3.63, 3.8) is 0 Å². The molecular weight excluding hydrogens is 1080 g/mol. The number of pyridine rings is 1. The van der Waals surface area contributed by atoms with Crippen molar-refractivity contribution in [3.05, 3.63) is 216 Å². The summed E-state index contributed by atoms with van der Waals surface area (Å²) in [5.74, 6) is -2.22. The van der Waals surface area contributed by atoms with Crippen LogP contribution in [0.15, 0.2) is 182 Å². The van der Waals surface area contributed by atoms with Crippen molar-refractivity contribution in [1.29, 1.82) is 0 Å². The minimum absolute atomic E-state index is 0. The van der Waals surface area contributed by atoms with Crippen molar-refractivity contribution >= 4 is 11.0 Å². The average molecular weight is 1150 g/mol. The van der Waals surface area contributed by atoms with Gasteiger partial charge < -0.3 is 5.11 Å². The molecule has 2 aromatic heterocycles. The Morgan fingerprint density at radius 1 is 0.541 bits per heavy atom. The van der Waals surface area contributed by atoms with Gasteiger partial charge in [0.15, 0.2) is 0 Å². The van der Waals surface area contributed by atoms with E-state index in [9.17, 15) is 7.85 Å². The van der Waals surface area contributed by atoms with E-state index in [1.807, 2.05) is 102 Å². The number of phenolic OH excluding ortho intramolecular Hbond substituents is 1. The predicted molar refractivity (Wildman–Crippen MR) is 308 cm³/mol. The first kappa shape index (κ1) is 45.5. The Hall–Kier alpha value is -7.13. The largest absolute Gasteiger partial charge is 0.507 e. The van der Waals surface area contributed by atoms with Crippen molar-refractivity contribution in [2.24, 2.45) is 0 Å². The SMILES string of the molecule is [2H]C([2H])([2H])c1cc(-n2c(-c3cc(C([2H])(C)C)cc(C([2H])(C)C)c3O)nc3c(-c4[c-]c(-c5cc(-c6ccc(-c7ccccc7)cc6)ccn5)cc(C(C)(C)C)c4)cccc32)c(-c2ccccc2)cc1-c1ccc(C(C)(C)C)cc1.[Pt]. The third-order valence-electron chi connectivity index (χ3n) is 14.1. The van der Waals surface area contributed by atoms with Gasteiger partial charge in [-0.05, 0) is 121 Å². The molecule has 0 spiro atoms. The van der Waals surface area contributed by atoms with Crippen LogP contribution in [-0.2, 0) is 31.9 Å². The molecule has 0 saturated carbocycles. The summed E-state index contributed by atoms with van der Waals surface area (Å²) >= 11 is 0. The fourth-order valence-electron chi connectivity index (χ4n) is 9.76. The second kappa shape index (κ2) is 20.6. The minimum atomic E-state index is -2.56. The number of hydrogen-bond donors (Lipinski definition) is 1. The van der Waals surface area contributed by atoms with Crippen LogP contribution in [0.3, 0.4) is 0 Å². The monoisotopic (exact) mass is 1150 g/mol. The van der Waals surface area contributed by atoms with Crippen LogP contribution in [0.1, 0.15) is 116 Å². The average Bonchev–Trinajstić information content (AvgIpc) is 3.95. The quantitative estimate of drug-likeness (QED) is 0.139. The second-order valence-electron chi connectivity index (χ2n) is 21.8. The Bertz CT molecular complexity index is 3860. The summed E-state index contributed by atoms with van der Waals surface area (Å²) in [5, 5.41) is 12.6. The summed E-state index contributed by atoms with van der Waals surface area (Å²) in [7, 11) is 0. The van der Waals surface area contributed by atoms with Crippen LogP contribution < -0.4 is 0 Å². The molecule has 10 rings (SSSR count). The van der Waals surface area contributed by atoms with E-state index in [-0.39, 0.29) is 43.2 Å². The van der Waals surface area contributed by atoms with Crippen LogP contribution in [0.4, 0.5) is 0 Å². The number of benzene rings is 8. The van der Waals surface area contributed by atoms with Gasteiger partial charge in [0.1, 0.15) is 11.6 Å². The van der Waals surface area contributed by atoms with Gasteiger partial charge in [0.25, 0.3) is 0 Å². The number of aromatic hydroxyl groups is 1. The zero-order valence-corrected chi connectivity index (χ0v) is 46.2. The van der Waals surface area contributed by atoms with Crippen molar-refractivity contribution < 1.29 is 33.0 Å². The topological polar surface area (TPSA) is 50.9 Å². The van der Waals surface area contributed by atoms with Crippen LogP contribution in [0.25, 0.3) is 95.0 Å². The molecule has 5 heteroatoms. The molecule has 2 heterocycles. The van der Waals surface area contributed by atoms with E-state index in [1.54, 1.807) is 45.9 Å². The Morgan fingerprint density at radius 3 is 1.76 bits per heavy atom. The molecular formula is C69H66N3OPt-.